The Balaban J connectivity index is 0.00000210. The molecular formula is C19H27ClN4O2S. The molecule has 0 spiro atoms. The summed E-state index contributed by atoms with van der Waals surface area (Å²) in [5.41, 5.74) is 0.831. The number of hydrogen-bond acceptors (Lipinski definition) is 5. The van der Waals surface area contributed by atoms with Crippen molar-refractivity contribution < 1.29 is 4.79 Å². The number of rotatable bonds is 2. The summed E-state index contributed by atoms with van der Waals surface area (Å²) in [6, 6.07) is 0.263. The highest BCUT2D eigenvalue weighted by molar-refractivity contribution is 7.20. The van der Waals surface area contributed by atoms with E-state index in [0.717, 1.165) is 74.4 Å². The Morgan fingerprint density at radius 1 is 1.26 bits per heavy atom. The third kappa shape index (κ3) is 3.65. The van der Waals surface area contributed by atoms with E-state index >= 15 is 0 Å². The molecule has 4 heterocycles. The van der Waals surface area contributed by atoms with E-state index in [4.69, 9.17) is 4.98 Å². The lowest BCUT2D eigenvalue weighted by atomic mass is 10.0. The molecule has 6 nitrogen and oxygen atoms in total. The van der Waals surface area contributed by atoms with Crippen molar-refractivity contribution in [3.8, 4) is 0 Å². The summed E-state index contributed by atoms with van der Waals surface area (Å²) in [6.45, 7) is 4.53. The van der Waals surface area contributed by atoms with Crippen molar-refractivity contribution >= 4 is 39.9 Å². The average Bonchev–Trinajstić information content (AvgIpc) is 2.83. The van der Waals surface area contributed by atoms with E-state index in [1.807, 2.05) is 23.4 Å². The topological polar surface area (TPSA) is 67.2 Å². The fourth-order valence-electron chi connectivity index (χ4n) is 4.13. The van der Waals surface area contributed by atoms with Gasteiger partial charge in [0.25, 0.3) is 11.5 Å². The summed E-state index contributed by atoms with van der Waals surface area (Å²) in [7, 11) is 1.89. The first kappa shape index (κ1) is 20.3. The lowest BCUT2D eigenvalue weighted by molar-refractivity contribution is 0.0707. The SMILES string of the molecule is Cc1c(C(=O)N(C)C2CCNCC2)sc2nc3n(c(=O)c12)CCCCC3.Cl. The molecular weight excluding hydrogens is 384 g/mol. The highest BCUT2D eigenvalue weighted by atomic mass is 35.5. The molecule has 0 aromatic carbocycles. The van der Waals surface area contributed by atoms with E-state index < -0.39 is 0 Å². The van der Waals surface area contributed by atoms with Crippen LogP contribution in [0.25, 0.3) is 10.2 Å². The van der Waals surface area contributed by atoms with Gasteiger partial charge in [-0.1, -0.05) is 6.42 Å². The molecule has 0 atom stereocenters. The van der Waals surface area contributed by atoms with Crippen molar-refractivity contribution in [2.75, 3.05) is 20.1 Å². The number of nitrogens with one attached hydrogen (secondary N) is 1. The summed E-state index contributed by atoms with van der Waals surface area (Å²) in [5.74, 6) is 0.906. The zero-order valence-electron chi connectivity index (χ0n) is 15.9. The maximum absolute atomic E-state index is 13.1. The van der Waals surface area contributed by atoms with Gasteiger partial charge in [0.1, 0.15) is 10.7 Å². The number of aromatic nitrogens is 2. The van der Waals surface area contributed by atoms with Crippen LogP contribution >= 0.6 is 23.7 Å². The summed E-state index contributed by atoms with van der Waals surface area (Å²) in [5, 5.41) is 3.98. The van der Waals surface area contributed by atoms with Crippen molar-refractivity contribution in [1.29, 1.82) is 0 Å². The number of aryl methyl sites for hydroxylation is 2. The second-order valence-electron chi connectivity index (χ2n) is 7.43. The molecule has 0 radical (unpaired) electrons. The number of carbonyl (C=O) groups is 1. The summed E-state index contributed by atoms with van der Waals surface area (Å²) in [6.07, 6.45) is 6.03. The number of carbonyl (C=O) groups excluding carboxylic acids is 1. The quantitative estimate of drug-likeness (QED) is 0.826. The monoisotopic (exact) mass is 410 g/mol. The third-order valence-corrected chi connectivity index (χ3v) is 6.96. The largest absolute Gasteiger partial charge is 0.338 e. The highest BCUT2D eigenvalue weighted by Gasteiger charge is 2.27. The predicted octanol–water partition coefficient (Wildman–Crippen LogP) is 2.74. The maximum atomic E-state index is 13.1. The molecule has 0 saturated carbocycles. The minimum Gasteiger partial charge on any atom is -0.338 e. The number of amides is 1. The van der Waals surface area contributed by atoms with Crippen LogP contribution in [0.3, 0.4) is 0 Å². The van der Waals surface area contributed by atoms with E-state index in [2.05, 4.69) is 5.32 Å². The Bertz CT molecular complexity index is 901. The minimum atomic E-state index is 0. The molecule has 0 aliphatic carbocycles. The molecule has 0 unspecified atom stereocenters. The van der Waals surface area contributed by atoms with Crippen LogP contribution in [0.4, 0.5) is 0 Å². The van der Waals surface area contributed by atoms with Crippen LogP contribution in [-0.2, 0) is 13.0 Å². The first-order valence-corrected chi connectivity index (χ1v) is 10.4. The average molecular weight is 411 g/mol. The van der Waals surface area contributed by atoms with Crippen LogP contribution in [-0.4, -0.2) is 46.5 Å². The summed E-state index contributed by atoms with van der Waals surface area (Å²) in [4.78, 5) is 34.2. The van der Waals surface area contributed by atoms with Crippen LogP contribution in [0.15, 0.2) is 4.79 Å². The van der Waals surface area contributed by atoms with Gasteiger partial charge < -0.3 is 10.2 Å². The van der Waals surface area contributed by atoms with E-state index in [-0.39, 0.29) is 29.9 Å². The smallest absolute Gasteiger partial charge is 0.264 e. The first-order valence-electron chi connectivity index (χ1n) is 9.58. The van der Waals surface area contributed by atoms with Gasteiger partial charge in [-0.3, -0.25) is 14.2 Å². The summed E-state index contributed by atoms with van der Waals surface area (Å²) >= 11 is 1.39. The van der Waals surface area contributed by atoms with Crippen LogP contribution in [0.2, 0.25) is 0 Å². The molecule has 8 heteroatoms. The molecule has 4 rings (SSSR count). The molecule has 1 N–H and O–H groups in total. The molecule has 27 heavy (non-hydrogen) atoms. The van der Waals surface area contributed by atoms with E-state index in [9.17, 15) is 9.59 Å². The number of thiophene rings is 1. The molecule has 2 aromatic rings. The fourth-order valence-corrected chi connectivity index (χ4v) is 5.31. The van der Waals surface area contributed by atoms with Crippen molar-refractivity contribution in [1.82, 2.24) is 19.8 Å². The van der Waals surface area contributed by atoms with Crippen LogP contribution in [0.1, 0.15) is 53.2 Å². The highest BCUT2D eigenvalue weighted by Crippen LogP contribution is 2.30. The maximum Gasteiger partial charge on any atom is 0.264 e. The predicted molar refractivity (Wildman–Crippen MR) is 111 cm³/mol. The van der Waals surface area contributed by atoms with Crippen LogP contribution < -0.4 is 10.9 Å². The minimum absolute atomic E-state index is 0. The Morgan fingerprint density at radius 3 is 2.74 bits per heavy atom. The van der Waals surface area contributed by atoms with Gasteiger partial charge in [-0.25, -0.2) is 4.98 Å². The van der Waals surface area contributed by atoms with Crippen molar-refractivity contribution in [2.24, 2.45) is 0 Å². The standard InChI is InChI=1S/C19H26N4O2S.ClH/c1-12-15-17(21-14-6-4-3-5-11-23(14)18(15)24)26-16(12)19(25)22(2)13-7-9-20-10-8-13;/h13,20H,3-11H2,1-2H3;1H. The molecule has 1 fully saturated rings. The lowest BCUT2D eigenvalue weighted by Gasteiger charge is -2.31. The van der Waals surface area contributed by atoms with Gasteiger partial charge in [0.15, 0.2) is 0 Å². The zero-order valence-corrected chi connectivity index (χ0v) is 17.5. The van der Waals surface area contributed by atoms with E-state index in [1.54, 1.807) is 0 Å². The molecule has 148 valence electrons. The molecule has 2 aromatic heterocycles. The molecule has 1 saturated heterocycles. The van der Waals surface area contributed by atoms with Crippen LogP contribution in [0.5, 0.6) is 0 Å². The van der Waals surface area contributed by atoms with Gasteiger partial charge in [-0.15, -0.1) is 23.7 Å². The Morgan fingerprint density at radius 2 is 2.00 bits per heavy atom. The molecule has 2 aliphatic heterocycles. The van der Waals surface area contributed by atoms with Gasteiger partial charge >= 0.3 is 0 Å². The Kier molecular flexibility index (Phi) is 6.23. The van der Waals surface area contributed by atoms with Gasteiger partial charge in [0.2, 0.25) is 0 Å². The molecule has 2 aliphatic rings. The Labute approximate surface area is 169 Å². The Hall–Kier alpha value is -1.44. The zero-order chi connectivity index (χ0) is 18.3. The second kappa shape index (κ2) is 8.29. The fraction of sp³-hybridized carbons (Fsp3) is 0.632. The number of fused-ring (bicyclic) bond motifs is 2. The van der Waals surface area contributed by atoms with E-state index in [0.29, 0.717) is 10.3 Å². The van der Waals surface area contributed by atoms with Gasteiger partial charge in [0.05, 0.1) is 10.3 Å². The molecule has 0 bridgehead atoms. The van der Waals surface area contributed by atoms with Crippen molar-refractivity contribution in [3.63, 3.8) is 0 Å². The first-order chi connectivity index (χ1) is 12.6. The summed E-state index contributed by atoms with van der Waals surface area (Å²) < 4.78 is 1.83. The number of hydrogen-bond donors (Lipinski definition) is 1. The van der Waals surface area contributed by atoms with Crippen molar-refractivity contribution in [2.45, 2.75) is 58.0 Å². The van der Waals surface area contributed by atoms with Crippen LogP contribution in [0, 0.1) is 6.92 Å². The van der Waals surface area contributed by atoms with Crippen molar-refractivity contribution in [3.05, 3.63) is 26.6 Å². The normalized spacial score (nSPS) is 17.9. The lowest BCUT2D eigenvalue weighted by Crippen LogP contribution is -2.43. The van der Waals surface area contributed by atoms with Gasteiger partial charge in [-0.05, 0) is 51.3 Å². The molecule has 1 amide bonds. The van der Waals surface area contributed by atoms with E-state index in [1.165, 1.54) is 11.3 Å². The van der Waals surface area contributed by atoms with Gasteiger partial charge in [0, 0.05) is 26.1 Å². The van der Waals surface area contributed by atoms with Gasteiger partial charge in [-0.2, -0.15) is 0 Å². The number of piperidine rings is 1. The second-order valence-corrected chi connectivity index (χ2v) is 8.43. The number of halogens is 1. The third-order valence-electron chi connectivity index (χ3n) is 5.78. The number of nitrogens with zero attached hydrogens (tertiary/aromatic N) is 3.